The standard InChI is InChI=1S/C10H12ClN/c11-7-10-9-4-2-1-3-8(9)5-6-12-10/h5-6H,1-4,7H2. The molecule has 1 aliphatic rings. The van der Waals surface area contributed by atoms with Gasteiger partial charge in [0.15, 0.2) is 0 Å². The third-order valence-corrected chi connectivity index (χ3v) is 2.74. The normalized spacial score (nSPS) is 15.8. The number of rotatable bonds is 1. The van der Waals surface area contributed by atoms with Crippen LogP contribution in [0.5, 0.6) is 0 Å². The van der Waals surface area contributed by atoms with Crippen molar-refractivity contribution in [1.29, 1.82) is 0 Å². The predicted molar refractivity (Wildman–Crippen MR) is 50.4 cm³/mol. The van der Waals surface area contributed by atoms with Gasteiger partial charge in [-0.05, 0) is 42.9 Å². The van der Waals surface area contributed by atoms with Gasteiger partial charge in [-0.3, -0.25) is 4.98 Å². The van der Waals surface area contributed by atoms with Crippen molar-refractivity contribution in [1.82, 2.24) is 4.98 Å². The van der Waals surface area contributed by atoms with E-state index < -0.39 is 0 Å². The first-order valence-corrected chi connectivity index (χ1v) is 4.97. The molecule has 0 radical (unpaired) electrons. The van der Waals surface area contributed by atoms with E-state index in [1.54, 1.807) is 0 Å². The van der Waals surface area contributed by atoms with E-state index in [0.29, 0.717) is 5.88 Å². The van der Waals surface area contributed by atoms with Gasteiger partial charge in [-0.2, -0.15) is 0 Å². The van der Waals surface area contributed by atoms with Gasteiger partial charge in [0, 0.05) is 6.20 Å². The number of fused-ring (bicyclic) bond motifs is 1. The molecule has 1 nitrogen and oxygen atoms in total. The van der Waals surface area contributed by atoms with E-state index in [-0.39, 0.29) is 0 Å². The Morgan fingerprint density at radius 2 is 2.17 bits per heavy atom. The highest BCUT2D eigenvalue weighted by atomic mass is 35.5. The molecule has 0 aliphatic heterocycles. The second kappa shape index (κ2) is 3.44. The van der Waals surface area contributed by atoms with Crippen molar-refractivity contribution in [3.8, 4) is 0 Å². The van der Waals surface area contributed by atoms with Crippen molar-refractivity contribution in [3.05, 3.63) is 29.1 Å². The van der Waals surface area contributed by atoms with Crippen LogP contribution in [0.15, 0.2) is 12.3 Å². The maximum Gasteiger partial charge on any atom is 0.0650 e. The van der Waals surface area contributed by atoms with Crippen LogP contribution in [0, 0.1) is 0 Å². The minimum atomic E-state index is 0.559. The van der Waals surface area contributed by atoms with E-state index >= 15 is 0 Å². The van der Waals surface area contributed by atoms with Crippen LogP contribution in [0.2, 0.25) is 0 Å². The monoisotopic (exact) mass is 181 g/mol. The molecule has 12 heavy (non-hydrogen) atoms. The maximum atomic E-state index is 5.80. The van der Waals surface area contributed by atoms with Crippen molar-refractivity contribution in [2.45, 2.75) is 31.6 Å². The molecule has 0 N–H and O–H groups in total. The van der Waals surface area contributed by atoms with Gasteiger partial charge in [0.25, 0.3) is 0 Å². The molecule has 1 aromatic rings. The van der Waals surface area contributed by atoms with E-state index in [9.17, 15) is 0 Å². The number of pyridine rings is 1. The zero-order valence-electron chi connectivity index (χ0n) is 7.02. The highest BCUT2D eigenvalue weighted by Crippen LogP contribution is 2.23. The molecule has 0 fully saturated rings. The molecule has 0 atom stereocenters. The molecular weight excluding hydrogens is 170 g/mol. The number of halogens is 1. The van der Waals surface area contributed by atoms with Crippen LogP contribution in [0.1, 0.15) is 29.7 Å². The second-order valence-electron chi connectivity index (χ2n) is 3.24. The van der Waals surface area contributed by atoms with Gasteiger partial charge in [0.1, 0.15) is 0 Å². The Labute approximate surface area is 77.8 Å². The third kappa shape index (κ3) is 1.34. The number of hydrogen-bond acceptors (Lipinski definition) is 1. The maximum absolute atomic E-state index is 5.80. The Morgan fingerprint density at radius 1 is 1.33 bits per heavy atom. The lowest BCUT2D eigenvalue weighted by molar-refractivity contribution is 0.676. The zero-order valence-corrected chi connectivity index (χ0v) is 7.77. The highest BCUT2D eigenvalue weighted by molar-refractivity contribution is 6.17. The van der Waals surface area contributed by atoms with E-state index in [0.717, 1.165) is 5.69 Å². The van der Waals surface area contributed by atoms with E-state index in [4.69, 9.17) is 11.6 Å². The molecule has 1 aliphatic carbocycles. The van der Waals surface area contributed by atoms with Crippen LogP contribution in [-0.4, -0.2) is 4.98 Å². The van der Waals surface area contributed by atoms with Gasteiger partial charge < -0.3 is 0 Å². The molecule has 0 saturated heterocycles. The molecule has 0 saturated carbocycles. The molecule has 0 bridgehead atoms. The van der Waals surface area contributed by atoms with Crippen LogP contribution >= 0.6 is 11.6 Å². The summed E-state index contributed by atoms with van der Waals surface area (Å²) in [4.78, 5) is 4.28. The SMILES string of the molecule is ClCc1nccc2c1CCCC2. The lowest BCUT2D eigenvalue weighted by Crippen LogP contribution is -2.06. The molecule has 0 spiro atoms. The number of nitrogens with zero attached hydrogens (tertiary/aromatic N) is 1. The molecule has 64 valence electrons. The Balaban J connectivity index is 2.44. The first kappa shape index (κ1) is 8.06. The molecule has 1 aromatic heterocycles. The van der Waals surface area contributed by atoms with Crippen molar-refractivity contribution in [2.24, 2.45) is 0 Å². The van der Waals surface area contributed by atoms with Gasteiger partial charge in [-0.1, -0.05) is 0 Å². The first-order chi connectivity index (χ1) is 5.92. The molecule has 1 heterocycles. The third-order valence-electron chi connectivity index (χ3n) is 2.49. The zero-order chi connectivity index (χ0) is 8.39. The predicted octanol–water partition coefficient (Wildman–Crippen LogP) is 2.70. The number of aryl methyl sites for hydroxylation is 1. The van der Waals surface area contributed by atoms with Crippen LogP contribution in [0.3, 0.4) is 0 Å². The van der Waals surface area contributed by atoms with Gasteiger partial charge in [0.2, 0.25) is 0 Å². The summed E-state index contributed by atoms with van der Waals surface area (Å²) in [6.45, 7) is 0. The summed E-state index contributed by atoms with van der Waals surface area (Å²) in [6.07, 6.45) is 6.87. The van der Waals surface area contributed by atoms with Crippen molar-refractivity contribution < 1.29 is 0 Å². The summed E-state index contributed by atoms with van der Waals surface area (Å²) in [6, 6.07) is 2.13. The van der Waals surface area contributed by atoms with Crippen LogP contribution in [-0.2, 0) is 18.7 Å². The fourth-order valence-corrected chi connectivity index (χ4v) is 2.08. The molecule has 2 rings (SSSR count). The highest BCUT2D eigenvalue weighted by Gasteiger charge is 2.12. The van der Waals surface area contributed by atoms with Gasteiger partial charge in [-0.15, -0.1) is 11.6 Å². The van der Waals surface area contributed by atoms with E-state index in [1.165, 1.54) is 36.8 Å². The Hall–Kier alpha value is -0.560. The average molecular weight is 182 g/mol. The minimum Gasteiger partial charge on any atom is -0.260 e. The molecule has 2 heteroatoms. The summed E-state index contributed by atoms with van der Waals surface area (Å²) >= 11 is 5.80. The van der Waals surface area contributed by atoms with Gasteiger partial charge >= 0.3 is 0 Å². The lowest BCUT2D eigenvalue weighted by atomic mass is 9.91. The molecule has 0 amide bonds. The Kier molecular flexibility index (Phi) is 2.31. The first-order valence-electron chi connectivity index (χ1n) is 4.43. The Bertz CT molecular complexity index is 269. The number of aromatic nitrogens is 1. The summed E-state index contributed by atoms with van der Waals surface area (Å²) in [5.74, 6) is 0.559. The van der Waals surface area contributed by atoms with Crippen molar-refractivity contribution in [3.63, 3.8) is 0 Å². The topological polar surface area (TPSA) is 12.9 Å². The van der Waals surface area contributed by atoms with Gasteiger partial charge in [0.05, 0.1) is 11.6 Å². The molecule has 0 aromatic carbocycles. The van der Waals surface area contributed by atoms with Crippen LogP contribution in [0.4, 0.5) is 0 Å². The smallest absolute Gasteiger partial charge is 0.0650 e. The van der Waals surface area contributed by atoms with Crippen molar-refractivity contribution >= 4 is 11.6 Å². The van der Waals surface area contributed by atoms with Crippen LogP contribution < -0.4 is 0 Å². The average Bonchev–Trinajstić information content (AvgIpc) is 2.17. The van der Waals surface area contributed by atoms with Gasteiger partial charge in [-0.25, -0.2) is 0 Å². The lowest BCUT2D eigenvalue weighted by Gasteiger charge is -2.16. The molecular formula is C10H12ClN. The van der Waals surface area contributed by atoms with E-state index in [2.05, 4.69) is 11.1 Å². The number of hydrogen-bond donors (Lipinski definition) is 0. The summed E-state index contributed by atoms with van der Waals surface area (Å²) in [5, 5.41) is 0. The quantitative estimate of drug-likeness (QED) is 0.608. The summed E-state index contributed by atoms with van der Waals surface area (Å²) in [5.41, 5.74) is 3.97. The van der Waals surface area contributed by atoms with Crippen molar-refractivity contribution in [2.75, 3.05) is 0 Å². The second-order valence-corrected chi connectivity index (χ2v) is 3.50. The minimum absolute atomic E-state index is 0.559. The van der Waals surface area contributed by atoms with Crippen LogP contribution in [0.25, 0.3) is 0 Å². The summed E-state index contributed by atoms with van der Waals surface area (Å²) in [7, 11) is 0. The largest absolute Gasteiger partial charge is 0.260 e. The molecule has 0 unspecified atom stereocenters. The Morgan fingerprint density at radius 3 is 3.00 bits per heavy atom. The number of alkyl halides is 1. The fraction of sp³-hybridized carbons (Fsp3) is 0.500. The van der Waals surface area contributed by atoms with E-state index in [1.807, 2.05) is 6.20 Å². The fourth-order valence-electron chi connectivity index (χ4n) is 1.85. The summed E-state index contributed by atoms with van der Waals surface area (Å²) < 4.78 is 0.